The molecule has 2 aromatic heterocycles. The predicted octanol–water partition coefficient (Wildman–Crippen LogP) is 6.61. The molecule has 0 bridgehead atoms. The van der Waals surface area contributed by atoms with Gasteiger partial charge in [-0.2, -0.15) is 5.26 Å². The van der Waals surface area contributed by atoms with Gasteiger partial charge in [0.15, 0.2) is 0 Å². The van der Waals surface area contributed by atoms with Crippen LogP contribution in [0.15, 0.2) is 66.3 Å². The summed E-state index contributed by atoms with van der Waals surface area (Å²) in [4.78, 5) is 73.9. The monoisotopic (exact) mass is 1050 g/mol. The lowest BCUT2D eigenvalue weighted by Gasteiger charge is -2.63. The van der Waals surface area contributed by atoms with E-state index in [1.807, 2.05) is 76.5 Å². The molecule has 5 heterocycles. The fourth-order valence-corrected chi connectivity index (χ4v) is 13.6. The third-order valence-electron chi connectivity index (χ3n) is 16.5. The number of ether oxygens (including phenoxy) is 1. The van der Waals surface area contributed by atoms with Crippen molar-refractivity contribution in [2.24, 2.45) is 21.7 Å². The van der Waals surface area contributed by atoms with Gasteiger partial charge in [0.05, 0.1) is 50.9 Å². The first-order chi connectivity index (χ1) is 35.0. The summed E-state index contributed by atoms with van der Waals surface area (Å²) in [5.74, 6) is 0.324. The van der Waals surface area contributed by atoms with E-state index in [0.29, 0.717) is 27.9 Å². The molecule has 5 aliphatic rings. The molecule has 4 aromatic rings. The smallest absolute Gasteiger partial charge is 0.253 e. The summed E-state index contributed by atoms with van der Waals surface area (Å²) in [6.45, 7) is 23.2. The predicted molar refractivity (Wildman–Crippen MR) is 286 cm³/mol. The maximum Gasteiger partial charge on any atom is 0.253 e. The molecule has 2 saturated carbocycles. The number of pyridine rings is 1. The van der Waals surface area contributed by atoms with E-state index in [4.69, 9.17) is 21.3 Å². The Morgan fingerprint density at radius 3 is 2.24 bits per heavy atom. The van der Waals surface area contributed by atoms with Gasteiger partial charge in [-0.05, 0) is 67.5 Å². The molecule has 4 N–H and O–H groups in total. The summed E-state index contributed by atoms with van der Waals surface area (Å²) in [7, 11) is 0. The van der Waals surface area contributed by atoms with Gasteiger partial charge in [0.1, 0.15) is 35.8 Å². The van der Waals surface area contributed by atoms with Crippen LogP contribution in [0.25, 0.3) is 10.4 Å². The average molecular weight is 1050 g/mol. The highest BCUT2D eigenvalue weighted by Gasteiger charge is 2.64. The Morgan fingerprint density at radius 2 is 1.65 bits per heavy atom. The van der Waals surface area contributed by atoms with E-state index in [-0.39, 0.29) is 77.6 Å². The fourth-order valence-electron chi connectivity index (χ4n) is 12.6. The minimum Gasteiger partial charge on any atom is -0.489 e. The van der Waals surface area contributed by atoms with E-state index in [2.05, 4.69) is 69.4 Å². The Bertz CT molecular complexity index is 2770. The highest BCUT2D eigenvalue weighted by molar-refractivity contribution is 7.13. The number of aliphatic hydroxyl groups is 1. The number of amides is 4. The van der Waals surface area contributed by atoms with Gasteiger partial charge in [0.25, 0.3) is 5.91 Å². The minimum absolute atomic E-state index is 0.0154. The van der Waals surface area contributed by atoms with Crippen molar-refractivity contribution < 1.29 is 29.0 Å². The van der Waals surface area contributed by atoms with Gasteiger partial charge in [-0.15, -0.1) is 11.3 Å². The van der Waals surface area contributed by atoms with Gasteiger partial charge < -0.3 is 35.6 Å². The van der Waals surface area contributed by atoms with Crippen molar-refractivity contribution in [2.75, 3.05) is 57.3 Å². The van der Waals surface area contributed by atoms with Crippen LogP contribution in [0, 0.1) is 39.9 Å². The molecule has 394 valence electrons. The van der Waals surface area contributed by atoms with Crippen molar-refractivity contribution in [2.45, 2.75) is 124 Å². The first-order valence-corrected chi connectivity index (χ1v) is 27.2. The number of anilines is 1. The van der Waals surface area contributed by atoms with Gasteiger partial charge in [-0.3, -0.25) is 29.0 Å². The van der Waals surface area contributed by atoms with E-state index in [1.165, 1.54) is 4.90 Å². The Morgan fingerprint density at radius 1 is 0.959 bits per heavy atom. The Kier molecular flexibility index (Phi) is 14.7. The number of carbonyl (C=O) groups excluding carboxylic acids is 4. The zero-order valence-corrected chi connectivity index (χ0v) is 45.6. The molecule has 2 aromatic carbocycles. The maximum atomic E-state index is 14.3. The molecule has 2 aliphatic carbocycles. The molecule has 3 saturated heterocycles. The zero-order chi connectivity index (χ0) is 53.1. The first kappa shape index (κ1) is 53.2. The maximum absolute atomic E-state index is 14.3. The van der Waals surface area contributed by atoms with E-state index in [1.54, 1.807) is 35.7 Å². The summed E-state index contributed by atoms with van der Waals surface area (Å²) < 4.78 is 6.39. The lowest BCUT2D eigenvalue weighted by atomic mass is 9.49. The van der Waals surface area contributed by atoms with Gasteiger partial charge in [-0.25, -0.2) is 9.97 Å². The molecular weight excluding hydrogens is 976 g/mol. The number of aryl methyl sites for hydroxylation is 1. The molecule has 0 radical (unpaired) electrons. The third kappa shape index (κ3) is 10.6. The van der Waals surface area contributed by atoms with Crippen LogP contribution in [0.3, 0.4) is 0 Å². The van der Waals surface area contributed by atoms with Crippen LogP contribution in [0.2, 0.25) is 5.02 Å². The molecule has 9 rings (SSSR count). The van der Waals surface area contributed by atoms with Crippen molar-refractivity contribution in [3.63, 3.8) is 0 Å². The second-order valence-corrected chi connectivity index (χ2v) is 25.1. The quantitative estimate of drug-likeness (QED) is 0.106. The summed E-state index contributed by atoms with van der Waals surface area (Å²) in [6, 6.07) is 17.2. The number of halogens is 1. The van der Waals surface area contributed by atoms with Crippen molar-refractivity contribution in [1.29, 1.82) is 5.26 Å². The van der Waals surface area contributed by atoms with Crippen LogP contribution in [0.5, 0.6) is 5.75 Å². The van der Waals surface area contributed by atoms with Crippen molar-refractivity contribution >= 4 is 52.4 Å². The minimum atomic E-state index is -0.894. The molecule has 2 unspecified atom stereocenters. The van der Waals surface area contributed by atoms with Crippen LogP contribution in [-0.4, -0.2) is 142 Å². The topological polar surface area (TPSA) is 196 Å². The number of carbonyl (C=O) groups is 4. The Hall–Kier alpha value is -5.64. The average Bonchev–Trinajstić information content (AvgIpc) is 3.95. The highest BCUT2D eigenvalue weighted by atomic mass is 35.5. The number of likely N-dealkylation sites (tertiary alicyclic amines) is 1. The lowest BCUT2D eigenvalue weighted by Crippen LogP contribution is -2.74. The number of hydrogen-bond acceptors (Lipinski definition) is 13. The number of hydrogen-bond donors (Lipinski definition) is 4. The second kappa shape index (κ2) is 20.5. The zero-order valence-electron chi connectivity index (χ0n) is 44.1. The number of benzene rings is 2. The molecule has 4 amide bonds. The van der Waals surface area contributed by atoms with Gasteiger partial charge in [0.2, 0.25) is 17.7 Å². The fraction of sp³-hybridized carbons (Fsp3) is 0.554. The SMILES string of the molecule is Cc1ncsc1-c1ccc(C(C)NC(=O)[C@@H]2C[C@@H](O)CN2C(=O)C(NC(=O)CN2CCN(C3CC4(C3)CN(c3ccc(C(=O)NC5C(C)(C)C(Oc6ccc(C#N)c(Cl)c6)C5(C)C)cn3)C4)CC2)C(C)(C)C)cc1. The normalized spacial score (nSPS) is 24.1. The Balaban J connectivity index is 0.701. The number of piperazine rings is 1. The van der Waals surface area contributed by atoms with Crippen molar-refractivity contribution in [3.8, 4) is 22.3 Å². The number of aromatic nitrogens is 2. The molecule has 1 spiro atoms. The largest absolute Gasteiger partial charge is 0.489 e. The number of nitrogens with one attached hydrogen (secondary N) is 3. The number of thiazole rings is 1. The molecule has 5 fully saturated rings. The lowest BCUT2D eigenvalue weighted by molar-refractivity contribution is -0.164. The van der Waals surface area contributed by atoms with Crippen LogP contribution in [0.1, 0.15) is 108 Å². The van der Waals surface area contributed by atoms with E-state index in [9.17, 15) is 29.5 Å². The summed E-state index contributed by atoms with van der Waals surface area (Å²) in [6.07, 6.45) is 2.95. The first-order valence-electron chi connectivity index (χ1n) is 25.9. The van der Waals surface area contributed by atoms with Gasteiger partial charge in [-0.1, -0.05) is 84.3 Å². The molecule has 18 heteroatoms. The van der Waals surface area contributed by atoms with Crippen LogP contribution >= 0.6 is 22.9 Å². The van der Waals surface area contributed by atoms with Crippen LogP contribution < -0.4 is 25.6 Å². The van der Waals surface area contributed by atoms with Crippen molar-refractivity contribution in [3.05, 3.63) is 93.7 Å². The molecule has 4 atom stereocenters. The summed E-state index contributed by atoms with van der Waals surface area (Å²) in [5.41, 5.74) is 4.52. The number of aliphatic hydroxyl groups excluding tert-OH is 1. The van der Waals surface area contributed by atoms with E-state index < -0.39 is 23.6 Å². The Labute approximate surface area is 444 Å². The molecule has 16 nitrogen and oxygen atoms in total. The number of nitrogens with zero attached hydrogens (tertiary/aromatic N) is 7. The number of β-amino-alcohol motifs (C(OH)–C–C–N with tert-alkyl or cyclic N) is 1. The van der Waals surface area contributed by atoms with E-state index in [0.717, 1.165) is 79.6 Å². The molecular formula is C56H71ClN10O6S. The van der Waals surface area contributed by atoms with Crippen LogP contribution in [0.4, 0.5) is 5.82 Å². The molecule has 3 aliphatic heterocycles. The summed E-state index contributed by atoms with van der Waals surface area (Å²) >= 11 is 7.86. The van der Waals surface area contributed by atoms with Crippen molar-refractivity contribution in [1.82, 2.24) is 40.6 Å². The second-order valence-electron chi connectivity index (χ2n) is 23.8. The summed E-state index contributed by atoms with van der Waals surface area (Å²) in [5, 5.41) is 29.7. The number of rotatable bonds is 14. The van der Waals surface area contributed by atoms with Gasteiger partial charge in [0, 0.05) is 92.8 Å². The third-order valence-corrected chi connectivity index (χ3v) is 17.8. The van der Waals surface area contributed by atoms with Crippen LogP contribution in [-0.2, 0) is 14.4 Å². The van der Waals surface area contributed by atoms with Gasteiger partial charge >= 0.3 is 0 Å². The number of nitriles is 1. The standard InChI is InChI=1S/C56H71ClN10O6S/c1-33(35-10-12-36(13-11-35)46-34(2)60-32-74-46)61-49(71)43-22-40(68)28-67(43)50(72)47(53(3,4)5)62-45(69)29-64-18-20-65(21-19-64)39-24-56(25-39)30-66(31-56)44-17-15-38(27-59-44)48(70)63-51-54(6,7)52(55(51,8)9)73-41-16-14-37(26-58)42(57)23-41/h10-17,23,27,32-33,39-40,43,47,51-52,68H,18-22,24-25,28-31H2,1-9H3,(H,61,71)(H,62,69)(H,63,70)/t33?,40-,43+,47?,51?,52?/m1/s1. The highest BCUT2D eigenvalue weighted by Crippen LogP contribution is 2.56. The van der Waals surface area contributed by atoms with E-state index >= 15 is 0 Å². The molecule has 74 heavy (non-hydrogen) atoms.